The molecule has 12 aromatic carbocycles. The molecule has 0 atom stereocenters. The predicted octanol–water partition coefficient (Wildman–Crippen LogP) is 16.4. The molecule has 268 valence electrons. The minimum absolute atomic E-state index is 1.23. The van der Waals surface area contributed by atoms with Gasteiger partial charge >= 0.3 is 0 Å². The van der Waals surface area contributed by atoms with Gasteiger partial charge in [-0.3, -0.25) is 0 Å². The van der Waals surface area contributed by atoms with Crippen molar-refractivity contribution in [2.24, 2.45) is 0 Å². The van der Waals surface area contributed by atoms with Crippen LogP contribution in [0.5, 0.6) is 0 Å². The van der Waals surface area contributed by atoms with Crippen molar-refractivity contribution in [2.45, 2.75) is 0 Å². The molecule has 0 nitrogen and oxygen atoms in total. The van der Waals surface area contributed by atoms with E-state index in [0.29, 0.717) is 0 Å². The molecule has 0 bridgehead atoms. The summed E-state index contributed by atoms with van der Waals surface area (Å²) in [4.78, 5) is 0. The molecule has 0 unspecified atom stereocenters. The van der Waals surface area contributed by atoms with Crippen molar-refractivity contribution in [1.29, 1.82) is 0 Å². The topological polar surface area (TPSA) is 0 Å². The molecule has 0 fully saturated rings. The van der Waals surface area contributed by atoms with Crippen LogP contribution in [-0.4, -0.2) is 0 Å². The first-order valence-corrected chi connectivity index (χ1v) is 20.2. The maximum Gasteiger partial charge on any atom is -0.00261 e. The van der Waals surface area contributed by atoms with Crippen LogP contribution in [0, 0.1) is 0 Å². The quantitative estimate of drug-likeness (QED) is 0.125. The van der Waals surface area contributed by atoms with Crippen molar-refractivity contribution < 1.29 is 0 Å². The predicted molar refractivity (Wildman–Crippen MR) is 251 cm³/mol. The smallest absolute Gasteiger partial charge is 0.00261 e. The van der Waals surface area contributed by atoms with Gasteiger partial charge in [0.15, 0.2) is 0 Å². The summed E-state index contributed by atoms with van der Waals surface area (Å²) in [6.07, 6.45) is 0. The number of rotatable bonds is 4. The second-order valence-corrected chi connectivity index (χ2v) is 15.5. The summed E-state index contributed by atoms with van der Waals surface area (Å²) >= 11 is 0. The van der Waals surface area contributed by atoms with E-state index >= 15 is 0 Å². The lowest BCUT2D eigenvalue weighted by Gasteiger charge is -2.19. The fourth-order valence-corrected chi connectivity index (χ4v) is 9.90. The van der Waals surface area contributed by atoms with Gasteiger partial charge in [-0.25, -0.2) is 0 Å². The largest absolute Gasteiger partial charge is 0.0622 e. The summed E-state index contributed by atoms with van der Waals surface area (Å²) < 4.78 is 0. The number of hydrogen-bond acceptors (Lipinski definition) is 0. The molecule has 0 heteroatoms. The molecule has 0 radical (unpaired) electrons. The molecule has 58 heavy (non-hydrogen) atoms. The third kappa shape index (κ3) is 4.95. The van der Waals surface area contributed by atoms with Crippen LogP contribution in [0.25, 0.3) is 120 Å². The Hall–Kier alpha value is -7.54. The highest BCUT2D eigenvalue weighted by molar-refractivity contribution is 6.26. The maximum atomic E-state index is 2.46. The van der Waals surface area contributed by atoms with E-state index < -0.39 is 0 Å². The highest BCUT2D eigenvalue weighted by Crippen LogP contribution is 2.47. The van der Waals surface area contributed by atoms with Crippen LogP contribution in [-0.2, 0) is 0 Å². The van der Waals surface area contributed by atoms with Gasteiger partial charge in [-0.2, -0.15) is 0 Å². The highest BCUT2D eigenvalue weighted by atomic mass is 14.2. The Morgan fingerprint density at radius 1 is 0.172 bits per heavy atom. The van der Waals surface area contributed by atoms with Crippen molar-refractivity contribution >= 4 is 75.4 Å². The number of benzene rings is 12. The zero-order valence-electron chi connectivity index (χ0n) is 31.8. The van der Waals surface area contributed by atoms with Crippen molar-refractivity contribution in [3.8, 4) is 44.5 Å². The summed E-state index contributed by atoms with van der Waals surface area (Å²) in [5.74, 6) is 0. The normalized spacial score (nSPS) is 11.8. The summed E-state index contributed by atoms with van der Waals surface area (Å²) in [7, 11) is 0. The second-order valence-electron chi connectivity index (χ2n) is 15.5. The van der Waals surface area contributed by atoms with Gasteiger partial charge in [0.05, 0.1) is 0 Å². The first kappa shape index (κ1) is 32.7. The first-order valence-electron chi connectivity index (χ1n) is 20.2. The Kier molecular flexibility index (Phi) is 7.33. The fraction of sp³-hybridized carbons (Fsp3) is 0. The molecule has 0 N–H and O–H groups in total. The molecule has 0 heterocycles. The van der Waals surface area contributed by atoms with Crippen molar-refractivity contribution in [3.63, 3.8) is 0 Å². The van der Waals surface area contributed by atoms with E-state index in [4.69, 9.17) is 0 Å². The van der Waals surface area contributed by atoms with E-state index in [9.17, 15) is 0 Å². The fourth-order valence-electron chi connectivity index (χ4n) is 9.90. The Labute approximate surface area is 336 Å². The average molecular weight is 733 g/mol. The van der Waals surface area contributed by atoms with Crippen LogP contribution in [0.4, 0.5) is 0 Å². The van der Waals surface area contributed by atoms with Crippen LogP contribution in [0.2, 0.25) is 0 Å². The zero-order chi connectivity index (χ0) is 38.2. The lowest BCUT2D eigenvalue weighted by atomic mass is 9.84. The van der Waals surface area contributed by atoms with E-state index in [2.05, 4.69) is 218 Å². The molecule has 0 saturated carbocycles. The van der Waals surface area contributed by atoms with Gasteiger partial charge in [0.2, 0.25) is 0 Å². The van der Waals surface area contributed by atoms with Gasteiger partial charge in [0, 0.05) is 0 Å². The van der Waals surface area contributed by atoms with Crippen molar-refractivity contribution in [1.82, 2.24) is 0 Å². The van der Waals surface area contributed by atoms with E-state index in [-0.39, 0.29) is 0 Å². The van der Waals surface area contributed by atoms with Crippen LogP contribution in [0.3, 0.4) is 0 Å². The summed E-state index contributed by atoms with van der Waals surface area (Å²) in [5, 5.41) is 17.7. The standard InChI is InChI=1S/C58H36/c1-3-15-39(16-4-1)54-44-19-7-11-23-48(44)57(49-24-12-8-20-45(49)54)42-33-29-37-27-31-41-32-28-38-30-34-43(36-53(38)56(41)52(37)35-42)58-50-25-13-9-21-46(50)55(40-17-5-2-6-18-40)47-22-10-14-26-51(47)58/h1-36H. The zero-order valence-corrected chi connectivity index (χ0v) is 31.8. The lowest BCUT2D eigenvalue weighted by molar-refractivity contribution is 1.66. The van der Waals surface area contributed by atoms with Crippen LogP contribution in [0.1, 0.15) is 0 Å². The first-order chi connectivity index (χ1) is 28.8. The molecule has 0 aliphatic rings. The average Bonchev–Trinajstić information content (AvgIpc) is 3.29. The van der Waals surface area contributed by atoms with Crippen molar-refractivity contribution in [3.05, 3.63) is 218 Å². The van der Waals surface area contributed by atoms with Gasteiger partial charge in [-0.15, -0.1) is 0 Å². The Morgan fingerprint density at radius 3 is 0.759 bits per heavy atom. The summed E-state index contributed by atoms with van der Waals surface area (Å²) in [6, 6.07) is 80.9. The van der Waals surface area contributed by atoms with Crippen LogP contribution in [0.15, 0.2) is 218 Å². The minimum Gasteiger partial charge on any atom is -0.0622 e. The molecule has 0 spiro atoms. The lowest BCUT2D eigenvalue weighted by Crippen LogP contribution is -1.91. The molecule has 12 aromatic rings. The van der Waals surface area contributed by atoms with E-state index in [1.807, 2.05) is 0 Å². The third-order valence-corrected chi connectivity index (χ3v) is 12.4. The van der Waals surface area contributed by atoms with E-state index in [1.54, 1.807) is 0 Å². The summed E-state index contributed by atoms with van der Waals surface area (Å²) in [5.41, 5.74) is 10.1. The molecule has 12 rings (SSSR count). The third-order valence-electron chi connectivity index (χ3n) is 12.4. The monoisotopic (exact) mass is 732 g/mol. The van der Waals surface area contributed by atoms with Gasteiger partial charge in [0.1, 0.15) is 0 Å². The molecule has 0 aliphatic heterocycles. The molecule has 0 saturated heterocycles. The molecular formula is C58H36. The van der Waals surface area contributed by atoms with Gasteiger partial charge in [-0.1, -0.05) is 206 Å². The summed E-state index contributed by atoms with van der Waals surface area (Å²) in [6.45, 7) is 0. The van der Waals surface area contributed by atoms with E-state index in [0.717, 1.165) is 0 Å². The number of fused-ring (bicyclic) bond motifs is 9. The molecule has 0 aliphatic carbocycles. The highest BCUT2D eigenvalue weighted by Gasteiger charge is 2.19. The molecule has 0 aromatic heterocycles. The van der Waals surface area contributed by atoms with Crippen LogP contribution < -0.4 is 0 Å². The Balaban J connectivity index is 1.14. The van der Waals surface area contributed by atoms with Gasteiger partial charge in [0.25, 0.3) is 0 Å². The Morgan fingerprint density at radius 2 is 0.431 bits per heavy atom. The van der Waals surface area contributed by atoms with Gasteiger partial charge in [-0.05, 0) is 132 Å². The maximum absolute atomic E-state index is 2.46. The van der Waals surface area contributed by atoms with Crippen LogP contribution >= 0.6 is 0 Å². The van der Waals surface area contributed by atoms with Crippen molar-refractivity contribution in [2.75, 3.05) is 0 Å². The molecule has 0 amide bonds. The number of hydrogen-bond donors (Lipinski definition) is 0. The SMILES string of the molecule is c1ccc(-c2c3ccccc3c(-c3ccc4ccc5ccc6ccc(-c7c8ccccc8c(-c8ccccc8)c8ccccc78)cc6c5c4c3)c3ccccc23)cc1. The van der Waals surface area contributed by atoms with Gasteiger partial charge < -0.3 is 0 Å². The minimum atomic E-state index is 1.23. The second kappa shape index (κ2) is 13.0. The molecular weight excluding hydrogens is 697 g/mol. The van der Waals surface area contributed by atoms with E-state index in [1.165, 1.54) is 120 Å². The Bertz CT molecular complexity index is 3240.